The molecule has 1 amide bonds. The van der Waals surface area contributed by atoms with Gasteiger partial charge in [-0.25, -0.2) is 0 Å². The van der Waals surface area contributed by atoms with Gasteiger partial charge in [0.2, 0.25) is 0 Å². The molecule has 7 nitrogen and oxygen atoms in total. The van der Waals surface area contributed by atoms with Crippen LogP contribution < -0.4 is 24.8 Å². The second-order valence-corrected chi connectivity index (χ2v) is 5.10. The lowest BCUT2D eigenvalue weighted by Crippen LogP contribution is -2.34. The monoisotopic (exact) mass is 310 g/mol. The second-order valence-electron chi connectivity index (χ2n) is 5.10. The van der Waals surface area contributed by atoms with Gasteiger partial charge in [-0.05, 0) is 0 Å². The summed E-state index contributed by atoms with van der Waals surface area (Å²) in [7, 11) is 4.51. The predicted octanol–water partition coefficient (Wildman–Crippen LogP) is 0.0225. The molecule has 0 aromatic heterocycles. The van der Waals surface area contributed by atoms with Crippen molar-refractivity contribution in [2.24, 2.45) is 5.92 Å². The Labute approximate surface area is 129 Å². The van der Waals surface area contributed by atoms with E-state index in [4.69, 9.17) is 14.2 Å². The van der Waals surface area contributed by atoms with Crippen LogP contribution in [0, 0.1) is 5.92 Å². The van der Waals surface area contributed by atoms with Crippen molar-refractivity contribution in [3.05, 3.63) is 17.7 Å². The Bertz CT molecular complexity index is 535. The fourth-order valence-corrected chi connectivity index (χ4v) is 2.45. The zero-order valence-electron chi connectivity index (χ0n) is 13.0. The number of carbonyl (C=O) groups excluding carboxylic acids is 1. The molecule has 0 aliphatic carbocycles. The third-order valence-corrected chi connectivity index (χ3v) is 3.78. The molecule has 1 aromatic carbocycles. The maximum Gasteiger partial charge on any atom is 0.255 e. The number of methoxy groups -OCH3 is 3. The normalized spacial score (nSPS) is 20.5. The molecule has 1 aromatic rings. The average molecular weight is 310 g/mol. The maximum absolute atomic E-state index is 12.4. The fraction of sp³-hybridized carbons (Fsp3) is 0.533. The number of hydrogen-bond acceptors (Lipinski definition) is 6. The van der Waals surface area contributed by atoms with Gasteiger partial charge in [0, 0.05) is 37.7 Å². The third-order valence-electron chi connectivity index (χ3n) is 3.78. The highest BCUT2D eigenvalue weighted by atomic mass is 16.5. The van der Waals surface area contributed by atoms with E-state index in [-0.39, 0.29) is 11.8 Å². The molecule has 1 saturated heterocycles. The number of carbonyl (C=O) groups is 1. The van der Waals surface area contributed by atoms with Gasteiger partial charge >= 0.3 is 0 Å². The van der Waals surface area contributed by atoms with Crippen LogP contribution in [0.2, 0.25) is 0 Å². The van der Waals surface area contributed by atoms with Crippen molar-refractivity contribution >= 4 is 5.91 Å². The number of aliphatic hydroxyl groups is 1. The van der Waals surface area contributed by atoms with E-state index in [1.54, 1.807) is 12.1 Å². The van der Waals surface area contributed by atoms with Crippen LogP contribution in [-0.4, -0.2) is 58.1 Å². The van der Waals surface area contributed by atoms with E-state index in [9.17, 15) is 9.90 Å². The Hall–Kier alpha value is -1.99. The maximum atomic E-state index is 12.4. The molecule has 0 bridgehead atoms. The van der Waals surface area contributed by atoms with Crippen molar-refractivity contribution in [2.75, 3.05) is 41.0 Å². The molecule has 22 heavy (non-hydrogen) atoms. The summed E-state index contributed by atoms with van der Waals surface area (Å²) in [6, 6.07) is 3.19. The Morgan fingerprint density at radius 3 is 2.36 bits per heavy atom. The summed E-state index contributed by atoms with van der Waals surface area (Å²) < 4.78 is 15.6. The van der Waals surface area contributed by atoms with Crippen LogP contribution in [0.5, 0.6) is 17.2 Å². The molecule has 0 saturated carbocycles. The van der Waals surface area contributed by atoms with Crippen molar-refractivity contribution in [3.63, 3.8) is 0 Å². The zero-order valence-corrected chi connectivity index (χ0v) is 13.0. The van der Waals surface area contributed by atoms with E-state index in [1.807, 2.05) is 0 Å². The SMILES string of the molecule is COc1cc(OC)c(C(=O)NCC2CNCC2O)cc1OC. The number of ether oxygens (including phenoxy) is 3. The summed E-state index contributed by atoms with van der Waals surface area (Å²) in [5.41, 5.74) is 0.362. The Kier molecular flexibility index (Phi) is 5.46. The molecule has 1 fully saturated rings. The van der Waals surface area contributed by atoms with Crippen LogP contribution in [0.4, 0.5) is 0 Å². The van der Waals surface area contributed by atoms with Gasteiger partial charge in [0.05, 0.1) is 33.0 Å². The van der Waals surface area contributed by atoms with Crippen LogP contribution in [-0.2, 0) is 0 Å². The fourth-order valence-electron chi connectivity index (χ4n) is 2.45. The van der Waals surface area contributed by atoms with Crippen molar-refractivity contribution < 1.29 is 24.1 Å². The van der Waals surface area contributed by atoms with Crippen LogP contribution in [0.15, 0.2) is 12.1 Å². The smallest absolute Gasteiger partial charge is 0.255 e. The van der Waals surface area contributed by atoms with Crippen LogP contribution in [0.25, 0.3) is 0 Å². The first-order chi connectivity index (χ1) is 10.6. The molecule has 1 aliphatic heterocycles. The molecule has 2 atom stereocenters. The van der Waals surface area contributed by atoms with E-state index in [1.165, 1.54) is 21.3 Å². The number of rotatable bonds is 6. The molecule has 0 spiro atoms. The van der Waals surface area contributed by atoms with E-state index in [2.05, 4.69) is 10.6 Å². The molecule has 3 N–H and O–H groups in total. The van der Waals surface area contributed by atoms with E-state index >= 15 is 0 Å². The van der Waals surface area contributed by atoms with Crippen LogP contribution >= 0.6 is 0 Å². The molecule has 1 aliphatic rings. The van der Waals surface area contributed by atoms with Crippen LogP contribution in [0.3, 0.4) is 0 Å². The first kappa shape index (κ1) is 16.4. The van der Waals surface area contributed by atoms with Gasteiger partial charge in [-0.15, -0.1) is 0 Å². The molecular weight excluding hydrogens is 288 g/mol. The van der Waals surface area contributed by atoms with Gasteiger partial charge in [-0.3, -0.25) is 4.79 Å². The summed E-state index contributed by atoms with van der Waals surface area (Å²) in [4.78, 5) is 12.4. The van der Waals surface area contributed by atoms with Gasteiger partial charge in [0.1, 0.15) is 5.75 Å². The molecule has 2 rings (SSSR count). The minimum Gasteiger partial charge on any atom is -0.496 e. The Balaban J connectivity index is 2.13. The number of benzene rings is 1. The molecule has 7 heteroatoms. The molecule has 0 radical (unpaired) electrons. The third kappa shape index (κ3) is 3.42. The topological polar surface area (TPSA) is 89.1 Å². The zero-order chi connectivity index (χ0) is 16.1. The first-order valence-electron chi connectivity index (χ1n) is 7.07. The summed E-state index contributed by atoms with van der Waals surface area (Å²) in [5.74, 6) is 1.08. The molecule has 122 valence electrons. The summed E-state index contributed by atoms with van der Waals surface area (Å²) >= 11 is 0. The Morgan fingerprint density at radius 1 is 1.18 bits per heavy atom. The number of β-amino-alcohol motifs (C(OH)–C–C–N with tert-alkyl or cyclic N) is 1. The summed E-state index contributed by atoms with van der Waals surface area (Å²) in [5, 5.41) is 15.6. The number of amides is 1. The second kappa shape index (κ2) is 7.33. The van der Waals surface area contributed by atoms with Gasteiger partial charge in [0.15, 0.2) is 11.5 Å². The van der Waals surface area contributed by atoms with E-state index < -0.39 is 6.10 Å². The quantitative estimate of drug-likeness (QED) is 0.686. The van der Waals surface area contributed by atoms with Gasteiger partial charge in [-0.1, -0.05) is 0 Å². The molecule has 1 heterocycles. The first-order valence-corrected chi connectivity index (χ1v) is 7.07. The molecular formula is C15H22N2O5. The standard InChI is InChI=1S/C15H22N2O5/c1-20-12-5-14(22-3)13(21-2)4-10(12)15(19)17-7-9-6-16-8-11(9)18/h4-5,9,11,16,18H,6-8H2,1-3H3,(H,17,19). The Morgan fingerprint density at radius 2 is 1.82 bits per heavy atom. The lowest BCUT2D eigenvalue weighted by molar-refractivity contribution is 0.0923. The van der Waals surface area contributed by atoms with Gasteiger partial charge in [-0.2, -0.15) is 0 Å². The predicted molar refractivity (Wildman–Crippen MR) is 80.8 cm³/mol. The highest BCUT2D eigenvalue weighted by Crippen LogP contribution is 2.34. The minimum absolute atomic E-state index is 0.00934. The molecule has 2 unspecified atom stereocenters. The highest BCUT2D eigenvalue weighted by Gasteiger charge is 2.26. The van der Waals surface area contributed by atoms with Gasteiger partial charge < -0.3 is 30.0 Å². The minimum atomic E-state index is -0.437. The van der Waals surface area contributed by atoms with Crippen molar-refractivity contribution in [1.82, 2.24) is 10.6 Å². The lowest BCUT2D eigenvalue weighted by Gasteiger charge is -2.16. The average Bonchev–Trinajstić information content (AvgIpc) is 2.96. The van der Waals surface area contributed by atoms with Crippen LogP contribution in [0.1, 0.15) is 10.4 Å². The van der Waals surface area contributed by atoms with Crippen molar-refractivity contribution in [1.29, 1.82) is 0 Å². The van der Waals surface area contributed by atoms with Gasteiger partial charge in [0.25, 0.3) is 5.91 Å². The number of aliphatic hydroxyl groups excluding tert-OH is 1. The largest absolute Gasteiger partial charge is 0.496 e. The highest BCUT2D eigenvalue weighted by molar-refractivity contribution is 5.97. The lowest BCUT2D eigenvalue weighted by atomic mass is 10.1. The van der Waals surface area contributed by atoms with Crippen molar-refractivity contribution in [2.45, 2.75) is 6.10 Å². The van der Waals surface area contributed by atoms with Crippen molar-refractivity contribution in [3.8, 4) is 17.2 Å². The van der Waals surface area contributed by atoms with E-state index in [0.29, 0.717) is 42.4 Å². The summed E-state index contributed by atoms with van der Waals surface area (Å²) in [6.07, 6.45) is -0.437. The number of hydrogen-bond donors (Lipinski definition) is 3. The van der Waals surface area contributed by atoms with E-state index in [0.717, 1.165) is 0 Å². The summed E-state index contributed by atoms with van der Waals surface area (Å²) in [6.45, 7) is 1.63. The number of nitrogens with one attached hydrogen (secondary N) is 2.